The molecule has 0 atom stereocenters. The van der Waals surface area contributed by atoms with Crippen LogP contribution in [0.5, 0.6) is 11.8 Å². The van der Waals surface area contributed by atoms with E-state index in [-0.39, 0.29) is 17.7 Å². The number of anilines is 1. The van der Waals surface area contributed by atoms with Gasteiger partial charge in [0.15, 0.2) is 11.8 Å². The number of benzene rings is 1. The fourth-order valence-electron chi connectivity index (χ4n) is 4.96. The van der Waals surface area contributed by atoms with E-state index in [2.05, 4.69) is 21.3 Å². The molecule has 7 heteroatoms. The Morgan fingerprint density at radius 1 is 0.969 bits per heavy atom. The zero-order chi connectivity index (χ0) is 21.8. The predicted octanol–water partition coefficient (Wildman–Crippen LogP) is 3.66. The van der Waals surface area contributed by atoms with E-state index in [9.17, 15) is 15.0 Å². The Balaban J connectivity index is 1.25. The second-order valence-corrected chi connectivity index (χ2v) is 9.06. The van der Waals surface area contributed by atoms with Gasteiger partial charge in [0.25, 0.3) is 5.91 Å². The number of rotatable bonds is 5. The lowest BCUT2D eigenvalue weighted by Crippen LogP contribution is -2.28. The van der Waals surface area contributed by atoms with Gasteiger partial charge in [-0.1, -0.05) is 12.5 Å². The Bertz CT molecular complexity index is 1230. The number of carbonyl (C=O) groups is 1. The third-order valence-corrected chi connectivity index (χ3v) is 6.77. The van der Waals surface area contributed by atoms with Gasteiger partial charge in [-0.2, -0.15) is 0 Å². The molecule has 0 bridgehead atoms. The van der Waals surface area contributed by atoms with Crippen molar-refractivity contribution in [1.29, 1.82) is 0 Å². The van der Waals surface area contributed by atoms with E-state index in [0.29, 0.717) is 18.5 Å². The third kappa shape index (κ3) is 3.29. The van der Waals surface area contributed by atoms with Crippen molar-refractivity contribution in [2.45, 2.75) is 38.8 Å². The average Bonchev–Trinajstić information content (AvgIpc) is 3.31. The number of piperidine rings is 1. The number of hydrogen-bond donors (Lipinski definition) is 4. The smallest absolute Gasteiger partial charge is 0.256 e. The van der Waals surface area contributed by atoms with Crippen molar-refractivity contribution in [3.8, 4) is 11.8 Å². The maximum Gasteiger partial charge on any atom is 0.256 e. The standard InChI is InChI=1S/C25H26N4O3/c30-23-19(10-17-8-16(12-26-17)13-28-6-2-1-3-7-28)18-9-15(4-5-22(18)27-23)14-29-24(31)20-11-21(20)25(29)32/h4-5,8-10,12,26,31-32H,1-3,6-7,11,13-14H2,(H,27,30). The minimum Gasteiger partial charge on any atom is -0.494 e. The number of aromatic hydroxyl groups is 2. The lowest BCUT2D eigenvalue weighted by Gasteiger charge is -2.25. The van der Waals surface area contributed by atoms with Gasteiger partial charge in [0.2, 0.25) is 0 Å². The number of aromatic amines is 1. The van der Waals surface area contributed by atoms with E-state index in [0.717, 1.165) is 53.3 Å². The molecule has 0 saturated carbocycles. The molecule has 0 spiro atoms. The molecule has 1 fully saturated rings. The Kier molecular flexibility index (Phi) is 4.40. The molecule has 3 aliphatic rings. The molecular weight excluding hydrogens is 404 g/mol. The number of nitrogens with zero attached hydrogens (tertiary/aromatic N) is 2. The third-order valence-electron chi connectivity index (χ3n) is 6.77. The number of hydrogen-bond acceptors (Lipinski definition) is 4. The molecule has 4 N–H and O–H groups in total. The molecule has 1 saturated heterocycles. The van der Waals surface area contributed by atoms with Crippen molar-refractivity contribution in [3.05, 3.63) is 64.0 Å². The molecule has 3 aromatic rings. The van der Waals surface area contributed by atoms with E-state index < -0.39 is 0 Å². The second-order valence-electron chi connectivity index (χ2n) is 9.06. The van der Waals surface area contributed by atoms with Crippen molar-refractivity contribution in [1.82, 2.24) is 14.5 Å². The molecule has 6 rings (SSSR count). The van der Waals surface area contributed by atoms with Crippen LogP contribution < -0.4 is 5.32 Å². The zero-order valence-corrected chi connectivity index (χ0v) is 17.8. The number of likely N-dealkylation sites (tertiary alicyclic amines) is 1. The highest BCUT2D eigenvalue weighted by atomic mass is 16.3. The van der Waals surface area contributed by atoms with E-state index >= 15 is 0 Å². The van der Waals surface area contributed by atoms with Crippen molar-refractivity contribution in [3.63, 3.8) is 0 Å². The molecule has 32 heavy (non-hydrogen) atoms. The number of aromatic nitrogens is 2. The Labute approximate surface area is 186 Å². The van der Waals surface area contributed by atoms with Gasteiger partial charge in [0.1, 0.15) is 0 Å². The van der Waals surface area contributed by atoms with E-state index in [1.165, 1.54) is 29.4 Å². The van der Waals surface area contributed by atoms with Gasteiger partial charge in [-0.25, -0.2) is 0 Å². The molecule has 1 amide bonds. The van der Waals surface area contributed by atoms with Crippen LogP contribution in [0, 0.1) is 0 Å². The minimum atomic E-state index is -0.123. The van der Waals surface area contributed by atoms with Gasteiger partial charge in [-0.05, 0) is 61.3 Å². The Morgan fingerprint density at radius 2 is 1.75 bits per heavy atom. The Hall–Kier alpha value is -3.45. The summed E-state index contributed by atoms with van der Waals surface area (Å²) in [4.78, 5) is 18.4. The van der Waals surface area contributed by atoms with Gasteiger partial charge >= 0.3 is 0 Å². The highest BCUT2D eigenvalue weighted by Crippen LogP contribution is 2.46. The summed E-state index contributed by atoms with van der Waals surface area (Å²) >= 11 is 0. The molecule has 164 valence electrons. The monoisotopic (exact) mass is 430 g/mol. The van der Waals surface area contributed by atoms with Crippen LogP contribution in [0.2, 0.25) is 0 Å². The topological polar surface area (TPSA) is 93.5 Å². The maximum atomic E-state index is 12.7. The molecule has 0 unspecified atom stereocenters. The lowest BCUT2D eigenvalue weighted by atomic mass is 10.0. The highest BCUT2D eigenvalue weighted by molar-refractivity contribution is 6.34. The highest BCUT2D eigenvalue weighted by Gasteiger charge is 2.33. The molecule has 2 aromatic heterocycles. The second kappa shape index (κ2) is 7.31. The van der Waals surface area contributed by atoms with E-state index in [4.69, 9.17) is 0 Å². The van der Waals surface area contributed by atoms with Crippen molar-refractivity contribution >= 4 is 23.2 Å². The predicted molar refractivity (Wildman–Crippen MR) is 123 cm³/mol. The van der Waals surface area contributed by atoms with Gasteiger partial charge in [-0.3, -0.25) is 14.3 Å². The van der Waals surface area contributed by atoms with Gasteiger partial charge in [0.05, 0.1) is 12.1 Å². The summed E-state index contributed by atoms with van der Waals surface area (Å²) in [6, 6.07) is 7.86. The zero-order valence-electron chi connectivity index (χ0n) is 17.8. The van der Waals surface area contributed by atoms with Crippen LogP contribution in [-0.2, 0) is 24.3 Å². The number of nitrogens with one attached hydrogen (secondary N) is 2. The summed E-state index contributed by atoms with van der Waals surface area (Å²) in [5, 5.41) is 23.4. The molecule has 0 radical (unpaired) electrons. The van der Waals surface area contributed by atoms with Gasteiger partial charge < -0.3 is 20.5 Å². The lowest BCUT2D eigenvalue weighted by molar-refractivity contribution is -0.110. The first kappa shape index (κ1) is 19.3. The SMILES string of the molecule is O=C1Nc2ccc(Cn3c(O)c4c(c3O)C4)cc2C1=Cc1cc(CN2CCCCC2)c[nH]1. The number of amides is 1. The van der Waals surface area contributed by atoms with Crippen LogP contribution in [0.25, 0.3) is 11.6 Å². The average molecular weight is 431 g/mol. The van der Waals surface area contributed by atoms with Crippen LogP contribution in [0.15, 0.2) is 30.5 Å². The minimum absolute atomic E-state index is 0.123. The summed E-state index contributed by atoms with van der Waals surface area (Å²) in [5.74, 6) is 0.146. The summed E-state index contributed by atoms with van der Waals surface area (Å²) in [6.07, 6.45) is 8.44. The molecular formula is C25H26N4O3. The molecule has 2 aliphatic heterocycles. The van der Waals surface area contributed by atoms with E-state index in [1.807, 2.05) is 30.5 Å². The van der Waals surface area contributed by atoms with Crippen LogP contribution >= 0.6 is 0 Å². The fourth-order valence-corrected chi connectivity index (χ4v) is 4.96. The molecule has 7 nitrogen and oxygen atoms in total. The van der Waals surface area contributed by atoms with Crippen molar-refractivity contribution in [2.24, 2.45) is 0 Å². The quantitative estimate of drug-likeness (QED) is 0.364. The van der Waals surface area contributed by atoms with Crippen molar-refractivity contribution < 1.29 is 15.0 Å². The number of carbonyl (C=O) groups excluding carboxylic acids is 1. The Morgan fingerprint density at radius 3 is 2.53 bits per heavy atom. The van der Waals surface area contributed by atoms with Crippen molar-refractivity contribution in [2.75, 3.05) is 18.4 Å². The first-order valence-corrected chi connectivity index (χ1v) is 11.2. The summed E-state index contributed by atoms with van der Waals surface area (Å²) in [5.41, 5.74) is 6.92. The summed E-state index contributed by atoms with van der Waals surface area (Å²) < 4.78 is 1.52. The van der Waals surface area contributed by atoms with E-state index in [1.54, 1.807) is 0 Å². The van der Waals surface area contributed by atoms with Gasteiger partial charge in [-0.15, -0.1) is 0 Å². The molecule has 4 heterocycles. The molecule has 1 aromatic carbocycles. The van der Waals surface area contributed by atoms with Crippen LogP contribution in [0.4, 0.5) is 5.69 Å². The van der Waals surface area contributed by atoms with Crippen LogP contribution in [0.3, 0.4) is 0 Å². The summed E-state index contributed by atoms with van der Waals surface area (Å²) in [6.45, 7) is 3.58. The largest absolute Gasteiger partial charge is 0.494 e. The normalized spacial score (nSPS) is 18.6. The number of fused-ring (bicyclic) bond motifs is 2. The fraction of sp³-hybridized carbons (Fsp3) is 0.320. The van der Waals surface area contributed by atoms with Crippen LogP contribution in [-0.4, -0.2) is 43.7 Å². The summed E-state index contributed by atoms with van der Waals surface area (Å²) in [7, 11) is 0. The maximum absolute atomic E-state index is 12.7. The molecule has 1 aliphatic carbocycles. The first-order chi connectivity index (χ1) is 15.6. The first-order valence-electron chi connectivity index (χ1n) is 11.2. The van der Waals surface area contributed by atoms with Gasteiger partial charge in [0, 0.05) is 47.2 Å². The van der Waals surface area contributed by atoms with Crippen LogP contribution in [0.1, 0.15) is 52.8 Å². The number of H-pyrrole nitrogens is 1.